The molecule has 0 bridgehead atoms. The van der Waals surface area contributed by atoms with Crippen LogP contribution < -0.4 is 0 Å². The van der Waals surface area contributed by atoms with E-state index in [9.17, 15) is 5.11 Å². The normalized spacial score (nSPS) is 12.4. The molecule has 100 valence electrons. The van der Waals surface area contributed by atoms with Crippen LogP contribution in [-0.4, -0.2) is 11.7 Å². The van der Waals surface area contributed by atoms with E-state index in [2.05, 4.69) is 47.1 Å². The number of aliphatic hydroxyl groups is 1. The van der Waals surface area contributed by atoms with Gasteiger partial charge in [0.2, 0.25) is 0 Å². The third kappa shape index (κ3) is 3.82. The molecule has 0 saturated carbocycles. The molecule has 0 fully saturated rings. The van der Waals surface area contributed by atoms with Crippen molar-refractivity contribution in [3.05, 3.63) is 68.7 Å². The van der Waals surface area contributed by atoms with Crippen LogP contribution in [0.5, 0.6) is 0 Å². The highest BCUT2D eigenvalue weighted by molar-refractivity contribution is 9.10. The quantitative estimate of drug-likeness (QED) is 0.854. The fraction of sp³-hybridized carbons (Fsp3) is 0.250. The minimum absolute atomic E-state index is 0.0827. The van der Waals surface area contributed by atoms with Crippen LogP contribution in [0.3, 0.4) is 0 Å². The maximum atomic E-state index is 9.60. The highest BCUT2D eigenvalue weighted by atomic mass is 79.9. The summed E-state index contributed by atoms with van der Waals surface area (Å²) in [5, 5.41) is 10.3. The molecule has 0 aromatic heterocycles. The highest BCUT2D eigenvalue weighted by Gasteiger charge is 2.13. The lowest BCUT2D eigenvalue weighted by Crippen LogP contribution is -2.08. The zero-order valence-electron chi connectivity index (χ0n) is 10.7. The Morgan fingerprint density at radius 2 is 1.84 bits per heavy atom. The van der Waals surface area contributed by atoms with Gasteiger partial charge in [0.1, 0.15) is 0 Å². The maximum absolute atomic E-state index is 9.60. The van der Waals surface area contributed by atoms with E-state index < -0.39 is 0 Å². The first-order chi connectivity index (χ1) is 9.10. The zero-order chi connectivity index (χ0) is 13.8. The Bertz CT molecular complexity index is 551. The van der Waals surface area contributed by atoms with Crippen molar-refractivity contribution in [1.29, 1.82) is 0 Å². The van der Waals surface area contributed by atoms with Crippen molar-refractivity contribution in [2.45, 2.75) is 19.3 Å². The van der Waals surface area contributed by atoms with Crippen LogP contribution >= 0.6 is 27.5 Å². The average Bonchev–Trinajstić information content (AvgIpc) is 2.39. The second-order valence-corrected chi connectivity index (χ2v) is 6.05. The van der Waals surface area contributed by atoms with Crippen LogP contribution in [0.2, 0.25) is 5.02 Å². The van der Waals surface area contributed by atoms with Gasteiger partial charge in [0.05, 0.1) is 6.61 Å². The second-order valence-electron chi connectivity index (χ2n) is 4.73. The van der Waals surface area contributed by atoms with Crippen molar-refractivity contribution in [2.75, 3.05) is 6.61 Å². The van der Waals surface area contributed by atoms with Gasteiger partial charge in [0.15, 0.2) is 0 Å². The van der Waals surface area contributed by atoms with Crippen molar-refractivity contribution in [2.24, 2.45) is 0 Å². The first-order valence-electron chi connectivity index (χ1n) is 6.21. The number of aryl methyl sites for hydroxylation is 1. The van der Waals surface area contributed by atoms with Crippen LogP contribution in [0, 0.1) is 6.92 Å². The van der Waals surface area contributed by atoms with Gasteiger partial charge in [-0.3, -0.25) is 0 Å². The summed E-state index contributed by atoms with van der Waals surface area (Å²) >= 11 is 9.63. The summed E-state index contributed by atoms with van der Waals surface area (Å²) in [4.78, 5) is 0. The molecule has 1 atom stereocenters. The van der Waals surface area contributed by atoms with Gasteiger partial charge < -0.3 is 5.11 Å². The van der Waals surface area contributed by atoms with Gasteiger partial charge in [0.25, 0.3) is 0 Å². The molecule has 1 nitrogen and oxygen atoms in total. The molecule has 1 unspecified atom stereocenters. The van der Waals surface area contributed by atoms with E-state index in [1.165, 1.54) is 5.56 Å². The van der Waals surface area contributed by atoms with E-state index in [0.717, 1.165) is 27.0 Å². The molecular formula is C16H16BrClO. The molecule has 0 aliphatic rings. The van der Waals surface area contributed by atoms with Crippen LogP contribution in [0.1, 0.15) is 22.6 Å². The average molecular weight is 340 g/mol. The Labute approximate surface area is 127 Å². The van der Waals surface area contributed by atoms with Gasteiger partial charge in [0, 0.05) is 15.4 Å². The molecule has 3 heteroatoms. The lowest BCUT2D eigenvalue weighted by atomic mass is 9.92. The number of aliphatic hydroxyl groups excluding tert-OH is 1. The van der Waals surface area contributed by atoms with Crippen molar-refractivity contribution in [1.82, 2.24) is 0 Å². The molecule has 2 aromatic carbocycles. The summed E-state index contributed by atoms with van der Waals surface area (Å²) < 4.78 is 0.970. The van der Waals surface area contributed by atoms with Gasteiger partial charge >= 0.3 is 0 Å². The molecule has 0 aliphatic heterocycles. The summed E-state index contributed by atoms with van der Waals surface area (Å²) in [5.41, 5.74) is 3.43. The Balaban J connectivity index is 2.21. The summed E-state index contributed by atoms with van der Waals surface area (Å²) in [5.74, 6) is 0.0827. The van der Waals surface area contributed by atoms with E-state index in [4.69, 9.17) is 11.6 Å². The molecule has 1 N–H and O–H groups in total. The third-order valence-electron chi connectivity index (χ3n) is 3.25. The molecule has 0 heterocycles. The minimum atomic E-state index is 0.0827. The third-order valence-corrected chi connectivity index (χ3v) is 4.10. The molecular weight excluding hydrogens is 324 g/mol. The standard InChI is InChI=1S/C16H16BrClO/c1-11-2-4-12(5-3-11)14(10-19)8-13-6-7-15(17)9-16(13)18/h2-7,9,14,19H,8,10H2,1H3. The van der Waals surface area contributed by atoms with E-state index >= 15 is 0 Å². The predicted octanol–water partition coefficient (Wildman–Crippen LogP) is 4.73. The Morgan fingerprint density at radius 1 is 1.16 bits per heavy atom. The van der Waals surface area contributed by atoms with Gasteiger partial charge in [-0.2, -0.15) is 0 Å². The smallest absolute Gasteiger partial charge is 0.0502 e. The maximum Gasteiger partial charge on any atom is 0.0502 e. The van der Waals surface area contributed by atoms with Crippen molar-refractivity contribution in [3.8, 4) is 0 Å². The number of hydrogen-bond donors (Lipinski definition) is 1. The fourth-order valence-corrected chi connectivity index (χ4v) is 2.83. The molecule has 19 heavy (non-hydrogen) atoms. The number of rotatable bonds is 4. The first kappa shape index (κ1) is 14.6. The molecule has 0 amide bonds. The Kier molecular flexibility index (Phi) is 5.03. The Morgan fingerprint density at radius 3 is 2.42 bits per heavy atom. The number of halogens is 2. The fourth-order valence-electron chi connectivity index (χ4n) is 2.08. The summed E-state index contributed by atoms with van der Waals surface area (Å²) in [6.07, 6.45) is 0.742. The SMILES string of the molecule is Cc1ccc(C(CO)Cc2ccc(Br)cc2Cl)cc1. The molecule has 0 aliphatic carbocycles. The van der Waals surface area contributed by atoms with Crippen molar-refractivity contribution in [3.63, 3.8) is 0 Å². The first-order valence-corrected chi connectivity index (χ1v) is 7.38. The topological polar surface area (TPSA) is 20.2 Å². The van der Waals surface area contributed by atoms with Gasteiger partial charge in [-0.25, -0.2) is 0 Å². The Hall–Kier alpha value is -0.830. The predicted molar refractivity (Wildman–Crippen MR) is 83.9 cm³/mol. The van der Waals surface area contributed by atoms with Gasteiger partial charge in [-0.05, 0) is 36.6 Å². The van der Waals surface area contributed by atoms with Gasteiger partial charge in [-0.15, -0.1) is 0 Å². The summed E-state index contributed by atoms with van der Waals surface area (Å²) in [6, 6.07) is 14.2. The minimum Gasteiger partial charge on any atom is -0.396 e. The lowest BCUT2D eigenvalue weighted by molar-refractivity contribution is 0.264. The number of hydrogen-bond acceptors (Lipinski definition) is 1. The summed E-state index contributed by atoms with van der Waals surface area (Å²) in [6.45, 7) is 2.18. The zero-order valence-corrected chi connectivity index (χ0v) is 13.1. The second kappa shape index (κ2) is 6.56. The molecule has 2 aromatic rings. The van der Waals surface area contributed by atoms with E-state index in [-0.39, 0.29) is 12.5 Å². The van der Waals surface area contributed by atoms with Crippen LogP contribution in [-0.2, 0) is 6.42 Å². The van der Waals surface area contributed by atoms with Crippen LogP contribution in [0.4, 0.5) is 0 Å². The van der Waals surface area contributed by atoms with Crippen molar-refractivity contribution >= 4 is 27.5 Å². The van der Waals surface area contributed by atoms with E-state index in [1.807, 2.05) is 18.2 Å². The summed E-state index contributed by atoms with van der Waals surface area (Å²) in [7, 11) is 0. The number of benzene rings is 2. The largest absolute Gasteiger partial charge is 0.396 e. The lowest BCUT2D eigenvalue weighted by Gasteiger charge is -2.16. The van der Waals surface area contributed by atoms with E-state index in [0.29, 0.717) is 0 Å². The highest BCUT2D eigenvalue weighted by Crippen LogP contribution is 2.27. The monoisotopic (exact) mass is 338 g/mol. The molecule has 0 radical (unpaired) electrons. The van der Waals surface area contributed by atoms with E-state index in [1.54, 1.807) is 0 Å². The molecule has 0 saturated heterocycles. The van der Waals surface area contributed by atoms with Gasteiger partial charge in [-0.1, -0.05) is 63.4 Å². The van der Waals surface area contributed by atoms with Crippen molar-refractivity contribution < 1.29 is 5.11 Å². The molecule has 0 spiro atoms. The van der Waals surface area contributed by atoms with Crippen LogP contribution in [0.25, 0.3) is 0 Å². The molecule has 2 rings (SSSR count). The van der Waals surface area contributed by atoms with Crippen LogP contribution in [0.15, 0.2) is 46.9 Å².